The van der Waals surface area contributed by atoms with E-state index in [1.807, 2.05) is 0 Å². The molecule has 0 aliphatic carbocycles. The highest BCUT2D eigenvalue weighted by Gasteiger charge is 2.18. The van der Waals surface area contributed by atoms with E-state index in [0.717, 1.165) is 6.07 Å². The van der Waals surface area contributed by atoms with Crippen molar-refractivity contribution in [3.8, 4) is 0 Å². The van der Waals surface area contributed by atoms with Gasteiger partial charge in [-0.25, -0.2) is 8.78 Å². The number of nitrogens with one attached hydrogen (secondary N) is 1. The zero-order valence-electron chi connectivity index (χ0n) is 8.50. The van der Waals surface area contributed by atoms with Crippen LogP contribution in [0, 0.1) is 21.7 Å². The highest BCUT2D eigenvalue weighted by molar-refractivity contribution is 5.61. The van der Waals surface area contributed by atoms with Crippen LogP contribution < -0.4 is 5.32 Å². The molecule has 5 nitrogen and oxygen atoms in total. The molecule has 0 aliphatic heterocycles. The van der Waals surface area contributed by atoms with Crippen molar-refractivity contribution in [2.75, 3.05) is 18.7 Å². The number of benzene rings is 1. The number of anilines is 1. The van der Waals surface area contributed by atoms with Crippen LogP contribution in [0.2, 0.25) is 0 Å². The van der Waals surface area contributed by atoms with Crippen molar-refractivity contribution < 1.29 is 18.4 Å². The fourth-order valence-electron chi connectivity index (χ4n) is 1.06. The van der Waals surface area contributed by atoms with E-state index in [9.17, 15) is 18.9 Å². The molecule has 0 bridgehead atoms. The third kappa shape index (κ3) is 2.86. The maximum atomic E-state index is 12.9. The maximum absolute atomic E-state index is 12.9. The molecule has 0 aliphatic rings. The van der Waals surface area contributed by atoms with Gasteiger partial charge in [-0.15, -0.1) is 0 Å². The lowest BCUT2D eigenvalue weighted by atomic mass is 10.2. The van der Waals surface area contributed by atoms with E-state index >= 15 is 0 Å². The van der Waals surface area contributed by atoms with Gasteiger partial charge in [0.15, 0.2) is 11.6 Å². The van der Waals surface area contributed by atoms with E-state index in [1.165, 1.54) is 0 Å². The van der Waals surface area contributed by atoms with E-state index in [0.29, 0.717) is 12.7 Å². The summed E-state index contributed by atoms with van der Waals surface area (Å²) in [5, 5.41) is 13.0. The lowest BCUT2D eigenvalue weighted by molar-refractivity contribution is -0.384. The summed E-state index contributed by atoms with van der Waals surface area (Å²) >= 11 is 0. The molecule has 0 atom stereocenters. The summed E-state index contributed by atoms with van der Waals surface area (Å²) < 4.78 is 30.5. The summed E-state index contributed by atoms with van der Waals surface area (Å²) in [5.74, 6) is -2.40. The van der Waals surface area contributed by atoms with Gasteiger partial charge in [-0.05, 0) is 6.92 Å². The normalized spacial score (nSPS) is 10.2. The Labute approximate surface area is 90.2 Å². The molecule has 1 N–H and O–H groups in total. The average molecular weight is 232 g/mol. The topological polar surface area (TPSA) is 64.4 Å². The largest absolute Gasteiger partial charge is 0.362 e. The lowest BCUT2D eigenvalue weighted by Crippen LogP contribution is -2.08. The van der Waals surface area contributed by atoms with Crippen molar-refractivity contribution in [1.29, 1.82) is 0 Å². The molecular weight excluding hydrogens is 222 g/mol. The molecular formula is C9H10F2N2O3. The Morgan fingerprint density at radius 1 is 1.44 bits per heavy atom. The monoisotopic (exact) mass is 232 g/mol. The first-order valence-corrected chi connectivity index (χ1v) is 4.51. The van der Waals surface area contributed by atoms with Gasteiger partial charge in [-0.1, -0.05) is 0 Å². The number of nitrogens with zero attached hydrogens (tertiary/aromatic N) is 1. The Hall–Kier alpha value is -1.76. The summed E-state index contributed by atoms with van der Waals surface area (Å²) in [5.41, 5.74) is -0.643. The van der Waals surface area contributed by atoms with Gasteiger partial charge in [0.2, 0.25) is 0 Å². The zero-order chi connectivity index (χ0) is 12.1. The molecule has 88 valence electrons. The van der Waals surface area contributed by atoms with E-state index in [4.69, 9.17) is 4.74 Å². The summed E-state index contributed by atoms with van der Waals surface area (Å²) in [6.07, 6.45) is 0. The molecule has 0 amide bonds. The van der Waals surface area contributed by atoms with Crippen LogP contribution in [0.3, 0.4) is 0 Å². The number of hydrogen-bond acceptors (Lipinski definition) is 4. The molecule has 0 spiro atoms. The van der Waals surface area contributed by atoms with E-state index in [2.05, 4.69) is 5.32 Å². The molecule has 0 aromatic heterocycles. The number of rotatable bonds is 5. The molecule has 0 heterocycles. The van der Waals surface area contributed by atoms with Crippen LogP contribution in [0.15, 0.2) is 12.1 Å². The first-order valence-electron chi connectivity index (χ1n) is 4.51. The Morgan fingerprint density at radius 3 is 2.62 bits per heavy atom. The Kier molecular flexibility index (Phi) is 4.12. The number of hydrogen-bond donors (Lipinski definition) is 1. The summed E-state index contributed by atoms with van der Waals surface area (Å²) in [7, 11) is 0. The Balaban J connectivity index is 2.95. The fourth-order valence-corrected chi connectivity index (χ4v) is 1.06. The first kappa shape index (κ1) is 12.3. The third-order valence-corrected chi connectivity index (χ3v) is 1.80. The van der Waals surface area contributed by atoms with Gasteiger partial charge in [0.05, 0.1) is 11.0 Å². The van der Waals surface area contributed by atoms with E-state index < -0.39 is 22.2 Å². The number of nitro benzene ring substituents is 1. The summed E-state index contributed by atoms with van der Waals surface area (Å²) in [6.45, 7) is 2.13. The van der Waals surface area contributed by atoms with Crippen LogP contribution in [0.25, 0.3) is 0 Å². The molecule has 7 heteroatoms. The summed E-state index contributed by atoms with van der Waals surface area (Å²) in [6, 6.07) is 1.26. The standard InChI is InChI=1S/C9H10F2N2O3/c1-2-16-5-12-8-3-6(10)7(11)4-9(8)13(14)15/h3-4,12H,2,5H2,1H3. The average Bonchev–Trinajstić information content (AvgIpc) is 2.23. The molecule has 0 radical (unpaired) electrons. The van der Waals surface area contributed by atoms with Gasteiger partial charge in [-0.3, -0.25) is 10.1 Å². The van der Waals surface area contributed by atoms with Crippen molar-refractivity contribution in [3.63, 3.8) is 0 Å². The highest BCUT2D eigenvalue weighted by Crippen LogP contribution is 2.26. The van der Waals surface area contributed by atoms with Crippen LogP contribution >= 0.6 is 0 Å². The number of ether oxygens (including phenoxy) is 1. The van der Waals surface area contributed by atoms with Crippen molar-refractivity contribution in [2.45, 2.75) is 6.92 Å². The molecule has 0 saturated carbocycles. The van der Waals surface area contributed by atoms with Gasteiger partial charge in [-0.2, -0.15) is 0 Å². The zero-order valence-corrected chi connectivity index (χ0v) is 8.50. The van der Waals surface area contributed by atoms with Crippen LogP contribution in [-0.2, 0) is 4.74 Å². The molecule has 0 unspecified atom stereocenters. The molecule has 1 aromatic carbocycles. The van der Waals surface area contributed by atoms with Crippen molar-refractivity contribution in [2.24, 2.45) is 0 Å². The smallest absolute Gasteiger partial charge is 0.295 e. The number of halogens is 2. The molecule has 16 heavy (non-hydrogen) atoms. The van der Waals surface area contributed by atoms with Gasteiger partial charge < -0.3 is 10.1 Å². The van der Waals surface area contributed by atoms with Crippen LogP contribution in [0.1, 0.15) is 6.92 Å². The van der Waals surface area contributed by atoms with Gasteiger partial charge >= 0.3 is 0 Å². The fraction of sp³-hybridized carbons (Fsp3) is 0.333. The quantitative estimate of drug-likeness (QED) is 0.366. The second-order valence-electron chi connectivity index (χ2n) is 2.85. The van der Waals surface area contributed by atoms with Crippen LogP contribution in [0.5, 0.6) is 0 Å². The van der Waals surface area contributed by atoms with Gasteiger partial charge in [0, 0.05) is 12.7 Å². The van der Waals surface area contributed by atoms with E-state index in [1.54, 1.807) is 6.92 Å². The highest BCUT2D eigenvalue weighted by atomic mass is 19.2. The maximum Gasteiger partial charge on any atom is 0.295 e. The minimum Gasteiger partial charge on any atom is -0.362 e. The van der Waals surface area contributed by atoms with Crippen molar-refractivity contribution in [1.82, 2.24) is 0 Å². The van der Waals surface area contributed by atoms with Gasteiger partial charge in [0.1, 0.15) is 12.4 Å². The first-order chi connectivity index (χ1) is 7.56. The van der Waals surface area contributed by atoms with Crippen LogP contribution in [0.4, 0.5) is 20.2 Å². The minimum atomic E-state index is -1.26. The van der Waals surface area contributed by atoms with E-state index in [-0.39, 0.29) is 12.4 Å². The summed E-state index contributed by atoms with van der Waals surface area (Å²) in [4.78, 5) is 9.76. The predicted molar refractivity (Wildman–Crippen MR) is 53.1 cm³/mol. The van der Waals surface area contributed by atoms with Gasteiger partial charge in [0.25, 0.3) is 5.69 Å². The van der Waals surface area contributed by atoms with Crippen molar-refractivity contribution >= 4 is 11.4 Å². The Morgan fingerprint density at radius 2 is 2.06 bits per heavy atom. The molecule has 1 aromatic rings. The van der Waals surface area contributed by atoms with Crippen LogP contribution in [-0.4, -0.2) is 18.3 Å². The SMILES string of the molecule is CCOCNc1cc(F)c(F)cc1[N+](=O)[O-]. The Bertz CT molecular complexity index is 399. The second-order valence-corrected chi connectivity index (χ2v) is 2.85. The number of nitro groups is 1. The van der Waals surface area contributed by atoms with Crippen molar-refractivity contribution in [3.05, 3.63) is 33.9 Å². The predicted octanol–water partition coefficient (Wildman–Crippen LogP) is 2.28. The molecule has 0 saturated heterocycles. The third-order valence-electron chi connectivity index (χ3n) is 1.80. The molecule has 1 rings (SSSR count). The minimum absolute atomic E-state index is 0.0115. The lowest BCUT2D eigenvalue weighted by Gasteiger charge is -2.07. The molecule has 0 fully saturated rings. The second kappa shape index (κ2) is 5.36.